The lowest BCUT2D eigenvalue weighted by Crippen LogP contribution is -2.13. The van der Waals surface area contributed by atoms with E-state index in [2.05, 4.69) is 10.3 Å². The first-order chi connectivity index (χ1) is 8.08. The summed E-state index contributed by atoms with van der Waals surface area (Å²) in [7, 11) is 0. The number of aliphatic carboxylic acids is 1. The second-order valence-electron chi connectivity index (χ2n) is 3.39. The number of nitrogens with zero attached hydrogens (tertiary/aromatic N) is 1. The molecule has 0 unspecified atom stereocenters. The number of hydrogen-bond acceptors (Lipinski definition) is 3. The van der Waals surface area contributed by atoms with Gasteiger partial charge in [-0.15, -0.1) is 0 Å². The molecule has 0 spiro atoms. The van der Waals surface area contributed by atoms with Crippen molar-refractivity contribution in [3.05, 3.63) is 34.4 Å². The van der Waals surface area contributed by atoms with Crippen molar-refractivity contribution >= 4 is 45.8 Å². The maximum Gasteiger partial charge on any atom is 0.322 e. The van der Waals surface area contributed by atoms with Crippen molar-refractivity contribution in [3.63, 3.8) is 0 Å². The molecule has 0 aliphatic carbocycles. The van der Waals surface area contributed by atoms with Crippen molar-refractivity contribution < 1.29 is 9.90 Å². The largest absolute Gasteiger partial charge is 0.480 e. The Hall–Kier alpha value is -1.52. The maximum absolute atomic E-state index is 10.5. The number of carbonyl (C=O) groups is 1. The van der Waals surface area contributed by atoms with Crippen LogP contribution in [0.25, 0.3) is 10.8 Å². The first-order valence-corrected chi connectivity index (χ1v) is 5.53. The average molecular weight is 271 g/mol. The van der Waals surface area contributed by atoms with E-state index in [1.165, 1.54) is 0 Å². The Balaban J connectivity index is 2.52. The summed E-state index contributed by atoms with van der Waals surface area (Å²) < 4.78 is 0. The monoisotopic (exact) mass is 270 g/mol. The van der Waals surface area contributed by atoms with Gasteiger partial charge in [-0.2, -0.15) is 0 Å². The first kappa shape index (κ1) is 12.0. The number of benzene rings is 1. The van der Waals surface area contributed by atoms with Crippen LogP contribution in [0.5, 0.6) is 0 Å². The fourth-order valence-corrected chi connectivity index (χ4v) is 2.12. The van der Waals surface area contributed by atoms with Crippen LogP contribution >= 0.6 is 23.2 Å². The number of pyridine rings is 1. The molecule has 88 valence electrons. The van der Waals surface area contributed by atoms with Crippen LogP contribution in [0.4, 0.5) is 5.82 Å². The van der Waals surface area contributed by atoms with Gasteiger partial charge in [0.2, 0.25) is 0 Å². The van der Waals surface area contributed by atoms with Crippen molar-refractivity contribution in [2.24, 2.45) is 0 Å². The van der Waals surface area contributed by atoms with Crippen LogP contribution in [0.15, 0.2) is 24.4 Å². The molecule has 0 saturated heterocycles. The average Bonchev–Trinajstić information content (AvgIpc) is 2.25. The fourth-order valence-electron chi connectivity index (χ4n) is 1.52. The topological polar surface area (TPSA) is 62.2 Å². The highest BCUT2D eigenvalue weighted by molar-refractivity contribution is 6.39. The number of aromatic nitrogens is 1. The van der Waals surface area contributed by atoms with Crippen LogP contribution in [0.3, 0.4) is 0 Å². The van der Waals surface area contributed by atoms with E-state index >= 15 is 0 Å². The van der Waals surface area contributed by atoms with E-state index in [9.17, 15) is 4.79 Å². The minimum Gasteiger partial charge on any atom is -0.480 e. The van der Waals surface area contributed by atoms with E-state index < -0.39 is 5.97 Å². The molecular formula is C11H8Cl2N2O2. The summed E-state index contributed by atoms with van der Waals surface area (Å²) in [5.74, 6) is -0.527. The summed E-state index contributed by atoms with van der Waals surface area (Å²) in [5, 5.41) is 13.8. The Morgan fingerprint density at radius 3 is 2.88 bits per heavy atom. The van der Waals surface area contributed by atoms with E-state index in [0.29, 0.717) is 21.2 Å². The molecule has 0 fully saturated rings. The van der Waals surface area contributed by atoms with Gasteiger partial charge in [-0.1, -0.05) is 23.2 Å². The number of anilines is 1. The molecule has 2 rings (SSSR count). The zero-order valence-electron chi connectivity index (χ0n) is 8.58. The molecule has 1 aromatic carbocycles. The first-order valence-electron chi connectivity index (χ1n) is 4.77. The van der Waals surface area contributed by atoms with Gasteiger partial charge < -0.3 is 10.4 Å². The predicted molar refractivity (Wildman–Crippen MR) is 67.9 cm³/mol. The van der Waals surface area contributed by atoms with E-state index in [1.54, 1.807) is 24.4 Å². The molecule has 0 bridgehead atoms. The minimum atomic E-state index is -0.964. The van der Waals surface area contributed by atoms with E-state index in [-0.39, 0.29) is 6.54 Å². The molecule has 4 nitrogen and oxygen atoms in total. The molecule has 2 aromatic rings. The zero-order valence-corrected chi connectivity index (χ0v) is 10.1. The van der Waals surface area contributed by atoms with Crippen LogP contribution < -0.4 is 5.32 Å². The minimum absolute atomic E-state index is 0.217. The van der Waals surface area contributed by atoms with Gasteiger partial charge >= 0.3 is 5.97 Å². The van der Waals surface area contributed by atoms with Crippen molar-refractivity contribution in [2.45, 2.75) is 0 Å². The molecule has 0 amide bonds. The van der Waals surface area contributed by atoms with E-state index in [0.717, 1.165) is 5.39 Å². The highest BCUT2D eigenvalue weighted by atomic mass is 35.5. The molecule has 0 atom stereocenters. The molecule has 1 heterocycles. The molecule has 0 saturated carbocycles. The summed E-state index contributed by atoms with van der Waals surface area (Å²) in [4.78, 5) is 14.6. The van der Waals surface area contributed by atoms with E-state index in [1.807, 2.05) is 0 Å². The Morgan fingerprint density at radius 1 is 1.41 bits per heavy atom. The molecular weight excluding hydrogens is 263 g/mol. The van der Waals surface area contributed by atoms with Gasteiger partial charge in [-0.25, -0.2) is 4.98 Å². The van der Waals surface area contributed by atoms with Crippen LogP contribution in [-0.4, -0.2) is 22.6 Å². The molecule has 17 heavy (non-hydrogen) atoms. The number of carboxylic acid groups (broad SMARTS) is 1. The number of halogens is 2. The molecule has 1 aromatic heterocycles. The van der Waals surface area contributed by atoms with Gasteiger partial charge in [0.15, 0.2) is 0 Å². The lowest BCUT2D eigenvalue weighted by atomic mass is 10.1. The highest BCUT2D eigenvalue weighted by Crippen LogP contribution is 2.31. The molecule has 0 radical (unpaired) electrons. The smallest absolute Gasteiger partial charge is 0.322 e. The summed E-state index contributed by atoms with van der Waals surface area (Å²) in [5.41, 5.74) is 0. The molecule has 6 heteroatoms. The van der Waals surface area contributed by atoms with Crippen molar-refractivity contribution in [1.29, 1.82) is 0 Å². The summed E-state index contributed by atoms with van der Waals surface area (Å²) in [6, 6.07) is 5.11. The SMILES string of the molecule is O=C(O)CNc1nccc2cc(Cl)cc(Cl)c12. The highest BCUT2D eigenvalue weighted by Gasteiger charge is 2.08. The summed E-state index contributed by atoms with van der Waals surface area (Å²) >= 11 is 12.0. The Bertz CT molecular complexity index is 587. The third-order valence-electron chi connectivity index (χ3n) is 2.19. The predicted octanol–water partition coefficient (Wildman–Crippen LogP) is 3.04. The maximum atomic E-state index is 10.5. The van der Waals surface area contributed by atoms with Gasteiger partial charge in [-0.05, 0) is 23.6 Å². The lowest BCUT2D eigenvalue weighted by Gasteiger charge is -2.08. The fraction of sp³-hybridized carbons (Fsp3) is 0.0909. The normalized spacial score (nSPS) is 10.5. The van der Waals surface area contributed by atoms with Gasteiger partial charge in [0.25, 0.3) is 0 Å². The Labute approximate surface area is 107 Å². The second kappa shape index (κ2) is 4.77. The number of hydrogen-bond donors (Lipinski definition) is 2. The van der Waals surface area contributed by atoms with Gasteiger partial charge in [-0.3, -0.25) is 4.79 Å². The Kier molecular flexibility index (Phi) is 3.36. The number of fused-ring (bicyclic) bond motifs is 1. The van der Waals surface area contributed by atoms with Gasteiger partial charge in [0.05, 0.1) is 5.02 Å². The van der Waals surface area contributed by atoms with Crippen molar-refractivity contribution in [2.75, 3.05) is 11.9 Å². The standard InChI is InChI=1S/C11H8Cl2N2O2/c12-7-3-6-1-2-14-11(15-5-9(16)17)10(6)8(13)4-7/h1-4H,5H2,(H,14,15)(H,16,17). The van der Waals surface area contributed by atoms with Gasteiger partial charge in [0, 0.05) is 16.6 Å². The number of nitrogens with one attached hydrogen (secondary N) is 1. The summed E-state index contributed by atoms with van der Waals surface area (Å²) in [6.07, 6.45) is 1.57. The third kappa shape index (κ3) is 2.60. The number of carboxylic acids is 1. The van der Waals surface area contributed by atoms with Crippen LogP contribution in [-0.2, 0) is 4.79 Å². The number of rotatable bonds is 3. The lowest BCUT2D eigenvalue weighted by molar-refractivity contribution is -0.134. The third-order valence-corrected chi connectivity index (χ3v) is 2.70. The van der Waals surface area contributed by atoms with Crippen LogP contribution in [0.2, 0.25) is 10.0 Å². The molecule has 2 N–H and O–H groups in total. The van der Waals surface area contributed by atoms with Gasteiger partial charge in [0.1, 0.15) is 12.4 Å². The van der Waals surface area contributed by atoms with Crippen molar-refractivity contribution in [1.82, 2.24) is 4.98 Å². The molecule has 0 aliphatic heterocycles. The molecule has 0 aliphatic rings. The quantitative estimate of drug-likeness (QED) is 0.900. The van der Waals surface area contributed by atoms with Crippen molar-refractivity contribution in [3.8, 4) is 0 Å². The van der Waals surface area contributed by atoms with E-state index in [4.69, 9.17) is 28.3 Å². The second-order valence-corrected chi connectivity index (χ2v) is 4.24. The zero-order chi connectivity index (χ0) is 12.4. The van der Waals surface area contributed by atoms with Crippen LogP contribution in [0, 0.1) is 0 Å². The van der Waals surface area contributed by atoms with Crippen LogP contribution in [0.1, 0.15) is 0 Å². The summed E-state index contributed by atoms with van der Waals surface area (Å²) in [6.45, 7) is -0.217. The Morgan fingerprint density at radius 2 is 2.18 bits per heavy atom.